The molecule has 2 rings (SSSR count). The number of rotatable bonds is 3. The number of benzene rings is 1. The molecule has 5 atom stereocenters. The van der Waals surface area contributed by atoms with Gasteiger partial charge >= 0.3 is 0 Å². The second-order valence-corrected chi connectivity index (χ2v) is 4.26. The van der Waals surface area contributed by atoms with Crippen LogP contribution in [0.2, 0.25) is 0 Å². The zero-order valence-corrected chi connectivity index (χ0v) is 9.68. The number of ether oxygens (including phenoxy) is 1. The van der Waals surface area contributed by atoms with E-state index in [1.807, 2.05) is 18.2 Å². The van der Waals surface area contributed by atoms with Crippen molar-refractivity contribution < 1.29 is 25.2 Å². The van der Waals surface area contributed by atoms with E-state index in [-0.39, 0.29) is 0 Å². The molecule has 0 unspecified atom stereocenters. The number of aliphatic hydroxyl groups is 4. The summed E-state index contributed by atoms with van der Waals surface area (Å²) in [5, 5.41) is 41.0. The molecule has 0 aliphatic carbocycles. The Labute approximate surface area is 104 Å². The largest absolute Gasteiger partial charge is 0.394 e. The van der Waals surface area contributed by atoms with Gasteiger partial charge < -0.3 is 30.5 Å². The summed E-state index contributed by atoms with van der Waals surface area (Å²) >= 11 is 0. The van der Waals surface area contributed by atoms with Crippen LogP contribution < -0.4 is 5.32 Å². The van der Waals surface area contributed by atoms with Crippen LogP contribution in [0.3, 0.4) is 0 Å². The summed E-state index contributed by atoms with van der Waals surface area (Å²) < 4.78 is 5.31. The molecule has 5 N–H and O–H groups in total. The first kappa shape index (κ1) is 13.3. The fourth-order valence-corrected chi connectivity index (χ4v) is 1.92. The lowest BCUT2D eigenvalue weighted by atomic mass is 9.98. The Hall–Kier alpha value is -1.18. The second-order valence-electron chi connectivity index (χ2n) is 4.26. The molecule has 1 aromatic rings. The molecule has 0 bridgehead atoms. The fourth-order valence-electron chi connectivity index (χ4n) is 1.92. The lowest BCUT2D eigenvalue weighted by Crippen LogP contribution is -2.60. The van der Waals surface area contributed by atoms with Crippen LogP contribution in [-0.2, 0) is 4.74 Å². The predicted molar refractivity (Wildman–Crippen MR) is 63.8 cm³/mol. The standard InChI is InChI=1S/C12H17NO5/c14-6-8-9(15)10(16)11(17)12(18-8)13-7-4-2-1-3-5-7/h1-5,8-17H,6H2/t8-,9-,10-,11+,12-/m1/s1. The van der Waals surface area contributed by atoms with Crippen LogP contribution in [0.5, 0.6) is 0 Å². The number of hydrogen-bond acceptors (Lipinski definition) is 6. The molecule has 1 heterocycles. The first-order valence-corrected chi connectivity index (χ1v) is 5.75. The molecular weight excluding hydrogens is 238 g/mol. The summed E-state index contributed by atoms with van der Waals surface area (Å²) in [6, 6.07) is 9.03. The van der Waals surface area contributed by atoms with Gasteiger partial charge in [0, 0.05) is 5.69 Å². The maximum absolute atomic E-state index is 9.80. The van der Waals surface area contributed by atoms with Gasteiger partial charge in [0.25, 0.3) is 0 Å². The van der Waals surface area contributed by atoms with Crippen molar-refractivity contribution in [2.45, 2.75) is 30.6 Å². The molecule has 0 spiro atoms. The van der Waals surface area contributed by atoms with E-state index in [1.54, 1.807) is 12.1 Å². The summed E-state index contributed by atoms with van der Waals surface area (Å²) in [5.74, 6) is 0. The van der Waals surface area contributed by atoms with Gasteiger partial charge in [-0.1, -0.05) is 18.2 Å². The van der Waals surface area contributed by atoms with Crippen molar-refractivity contribution in [1.29, 1.82) is 0 Å². The van der Waals surface area contributed by atoms with E-state index in [2.05, 4.69) is 5.32 Å². The van der Waals surface area contributed by atoms with Crippen molar-refractivity contribution in [3.05, 3.63) is 30.3 Å². The van der Waals surface area contributed by atoms with Crippen LogP contribution in [0.15, 0.2) is 30.3 Å². The highest BCUT2D eigenvalue weighted by Crippen LogP contribution is 2.22. The van der Waals surface area contributed by atoms with Gasteiger partial charge in [-0.2, -0.15) is 0 Å². The molecule has 6 heteroatoms. The minimum absolute atomic E-state index is 0.433. The SMILES string of the molecule is OC[C@H]1O[C@@H](Nc2ccccc2)[C@@H](O)[C@H](O)[C@@H]1O. The monoisotopic (exact) mass is 255 g/mol. The third-order valence-corrected chi connectivity index (χ3v) is 2.97. The Morgan fingerprint density at radius 3 is 2.28 bits per heavy atom. The third-order valence-electron chi connectivity index (χ3n) is 2.97. The van der Waals surface area contributed by atoms with Gasteiger partial charge in [0.05, 0.1) is 6.61 Å². The van der Waals surface area contributed by atoms with E-state index in [4.69, 9.17) is 9.84 Å². The van der Waals surface area contributed by atoms with Crippen LogP contribution >= 0.6 is 0 Å². The van der Waals surface area contributed by atoms with Crippen LogP contribution in [0.1, 0.15) is 0 Å². The van der Waals surface area contributed by atoms with Gasteiger partial charge in [-0.05, 0) is 12.1 Å². The van der Waals surface area contributed by atoms with Gasteiger partial charge in [0.1, 0.15) is 24.4 Å². The molecule has 1 fully saturated rings. The molecule has 1 aliphatic rings. The molecule has 1 saturated heterocycles. The summed E-state index contributed by atoms with van der Waals surface area (Å²) in [6.07, 6.45) is -5.76. The molecule has 18 heavy (non-hydrogen) atoms. The molecule has 0 saturated carbocycles. The lowest BCUT2D eigenvalue weighted by molar-refractivity contribution is -0.221. The maximum atomic E-state index is 9.80. The number of anilines is 1. The Balaban J connectivity index is 2.08. The van der Waals surface area contributed by atoms with Crippen LogP contribution in [-0.4, -0.2) is 57.7 Å². The molecular formula is C12H17NO5. The topological polar surface area (TPSA) is 102 Å². The van der Waals surface area contributed by atoms with Crippen molar-refractivity contribution >= 4 is 5.69 Å². The van der Waals surface area contributed by atoms with Gasteiger partial charge in [0.15, 0.2) is 6.23 Å². The smallest absolute Gasteiger partial charge is 0.157 e. The Morgan fingerprint density at radius 1 is 1.00 bits per heavy atom. The quantitative estimate of drug-likeness (QED) is 0.470. The highest BCUT2D eigenvalue weighted by atomic mass is 16.6. The Kier molecular flexibility index (Phi) is 4.15. The summed E-state index contributed by atoms with van der Waals surface area (Å²) in [6.45, 7) is -0.433. The van der Waals surface area contributed by atoms with E-state index in [1.165, 1.54) is 0 Å². The van der Waals surface area contributed by atoms with Gasteiger partial charge in [0.2, 0.25) is 0 Å². The fraction of sp³-hybridized carbons (Fsp3) is 0.500. The third kappa shape index (κ3) is 2.63. The highest BCUT2D eigenvalue weighted by Gasteiger charge is 2.43. The van der Waals surface area contributed by atoms with Crippen molar-refractivity contribution in [1.82, 2.24) is 0 Å². The molecule has 100 valence electrons. The van der Waals surface area contributed by atoms with Gasteiger partial charge in [-0.25, -0.2) is 0 Å². The summed E-state index contributed by atoms with van der Waals surface area (Å²) in [4.78, 5) is 0. The average Bonchev–Trinajstić information content (AvgIpc) is 2.40. The van der Waals surface area contributed by atoms with Gasteiger partial charge in [-0.3, -0.25) is 0 Å². The molecule has 0 radical (unpaired) electrons. The van der Waals surface area contributed by atoms with Crippen molar-refractivity contribution in [2.75, 3.05) is 11.9 Å². The molecule has 1 aliphatic heterocycles. The number of aliphatic hydroxyl groups excluding tert-OH is 4. The molecule has 0 amide bonds. The lowest BCUT2D eigenvalue weighted by Gasteiger charge is -2.40. The van der Waals surface area contributed by atoms with E-state index >= 15 is 0 Å². The first-order valence-electron chi connectivity index (χ1n) is 5.75. The molecule has 0 aromatic heterocycles. The second kappa shape index (κ2) is 5.64. The van der Waals surface area contributed by atoms with E-state index in [9.17, 15) is 15.3 Å². The van der Waals surface area contributed by atoms with E-state index in [0.29, 0.717) is 5.69 Å². The van der Waals surface area contributed by atoms with E-state index < -0.39 is 37.3 Å². The van der Waals surface area contributed by atoms with Gasteiger partial charge in [-0.15, -0.1) is 0 Å². The van der Waals surface area contributed by atoms with Crippen LogP contribution in [0, 0.1) is 0 Å². The number of para-hydroxylation sites is 1. The summed E-state index contributed by atoms with van der Waals surface area (Å²) in [5.41, 5.74) is 0.710. The van der Waals surface area contributed by atoms with Crippen molar-refractivity contribution in [2.24, 2.45) is 0 Å². The molecule has 1 aromatic carbocycles. The average molecular weight is 255 g/mol. The summed E-state index contributed by atoms with van der Waals surface area (Å²) in [7, 11) is 0. The molecule has 6 nitrogen and oxygen atoms in total. The Bertz CT molecular complexity index is 372. The van der Waals surface area contributed by atoms with Crippen LogP contribution in [0.4, 0.5) is 5.69 Å². The normalized spacial score (nSPS) is 36.3. The van der Waals surface area contributed by atoms with Crippen molar-refractivity contribution in [3.8, 4) is 0 Å². The van der Waals surface area contributed by atoms with Crippen molar-refractivity contribution in [3.63, 3.8) is 0 Å². The Morgan fingerprint density at radius 2 is 1.67 bits per heavy atom. The zero-order valence-electron chi connectivity index (χ0n) is 9.68. The van der Waals surface area contributed by atoms with Crippen LogP contribution in [0.25, 0.3) is 0 Å². The predicted octanol–water partition coefficient (Wildman–Crippen LogP) is -1.10. The minimum atomic E-state index is -1.36. The number of hydrogen-bond donors (Lipinski definition) is 5. The highest BCUT2D eigenvalue weighted by molar-refractivity contribution is 5.43. The first-order chi connectivity index (χ1) is 8.63. The zero-order chi connectivity index (χ0) is 13.1. The minimum Gasteiger partial charge on any atom is -0.394 e. The van der Waals surface area contributed by atoms with E-state index in [0.717, 1.165) is 0 Å². The maximum Gasteiger partial charge on any atom is 0.157 e. The number of nitrogens with one attached hydrogen (secondary N) is 1.